The molecule has 0 saturated carbocycles. The van der Waals surface area contributed by atoms with Crippen LogP contribution in [-0.2, 0) is 14.3 Å². The van der Waals surface area contributed by atoms with Crippen molar-refractivity contribution in [2.45, 2.75) is 6.04 Å². The number of nitrogens with zero attached hydrogens (tertiary/aromatic N) is 2. The average molecular weight is 410 g/mol. The van der Waals surface area contributed by atoms with Crippen molar-refractivity contribution in [3.05, 3.63) is 23.8 Å². The number of methoxy groups -OCH3 is 2. The fraction of sp³-hybridized carbons (Fsp3) is 0.526. The summed E-state index contributed by atoms with van der Waals surface area (Å²) in [4.78, 5) is 36.3. The summed E-state index contributed by atoms with van der Waals surface area (Å²) in [7, 11) is 3.08. The Morgan fingerprint density at radius 3 is 2.48 bits per heavy atom. The van der Waals surface area contributed by atoms with E-state index in [-0.39, 0.29) is 30.9 Å². The number of hydrogen-bond acceptors (Lipinski definition) is 7. The Kier molecular flexibility index (Phi) is 8.22. The molecular weight excluding hydrogens is 384 g/mol. The Labute approximate surface area is 168 Å². The molecule has 10 heteroatoms. The van der Waals surface area contributed by atoms with Gasteiger partial charge in [-0.25, -0.2) is 0 Å². The third-order valence-corrected chi connectivity index (χ3v) is 4.80. The van der Waals surface area contributed by atoms with Gasteiger partial charge < -0.3 is 29.3 Å². The van der Waals surface area contributed by atoms with Crippen LogP contribution in [0.15, 0.2) is 18.2 Å². The molecule has 2 atom stereocenters. The molecule has 0 radical (unpaired) electrons. The highest BCUT2D eigenvalue weighted by Crippen LogP contribution is 2.29. The second kappa shape index (κ2) is 10.6. The maximum atomic E-state index is 13.1. The summed E-state index contributed by atoms with van der Waals surface area (Å²) in [6.07, 6.45) is 0. The van der Waals surface area contributed by atoms with Gasteiger partial charge in [-0.3, -0.25) is 19.3 Å². The SMILES string of the molecule is COc1ccc(C(=O)N2C[C@H]3COC[C@@H]2CN(CC(=O)O)C3)cc1OC.O=CO. The van der Waals surface area contributed by atoms with Gasteiger partial charge in [-0.1, -0.05) is 0 Å². The largest absolute Gasteiger partial charge is 0.493 e. The van der Waals surface area contributed by atoms with Crippen molar-refractivity contribution in [3.63, 3.8) is 0 Å². The minimum atomic E-state index is -0.858. The van der Waals surface area contributed by atoms with Crippen molar-refractivity contribution in [2.24, 2.45) is 5.92 Å². The molecule has 2 saturated heterocycles. The third-order valence-electron chi connectivity index (χ3n) is 4.80. The van der Waals surface area contributed by atoms with Gasteiger partial charge in [0.15, 0.2) is 11.5 Å². The van der Waals surface area contributed by atoms with Crippen LogP contribution in [0.2, 0.25) is 0 Å². The highest BCUT2D eigenvalue weighted by Gasteiger charge is 2.36. The lowest BCUT2D eigenvalue weighted by Crippen LogP contribution is -2.47. The number of carbonyl (C=O) groups excluding carboxylic acids is 1. The van der Waals surface area contributed by atoms with Crippen molar-refractivity contribution in [1.29, 1.82) is 0 Å². The second-order valence-electron chi connectivity index (χ2n) is 6.78. The van der Waals surface area contributed by atoms with Crippen molar-refractivity contribution in [1.82, 2.24) is 9.80 Å². The predicted molar refractivity (Wildman–Crippen MR) is 101 cm³/mol. The molecule has 29 heavy (non-hydrogen) atoms. The first-order valence-corrected chi connectivity index (χ1v) is 9.06. The van der Waals surface area contributed by atoms with Gasteiger partial charge >= 0.3 is 5.97 Å². The molecule has 2 bridgehead atoms. The maximum absolute atomic E-state index is 13.1. The number of fused-ring (bicyclic) bond motifs is 3. The molecule has 1 aromatic carbocycles. The Morgan fingerprint density at radius 1 is 1.17 bits per heavy atom. The van der Waals surface area contributed by atoms with E-state index in [9.17, 15) is 9.59 Å². The van der Waals surface area contributed by atoms with Crippen LogP contribution in [0, 0.1) is 5.92 Å². The van der Waals surface area contributed by atoms with Crippen LogP contribution in [0.25, 0.3) is 0 Å². The topological polar surface area (TPSA) is 126 Å². The van der Waals surface area contributed by atoms with Crippen LogP contribution in [0.4, 0.5) is 0 Å². The van der Waals surface area contributed by atoms with Crippen LogP contribution in [-0.4, -0.2) is 98.0 Å². The zero-order chi connectivity index (χ0) is 21.4. The standard InChI is InChI=1S/C18H24N2O6.CH2O2/c1-24-15-4-3-13(5-16(15)25-2)18(23)20-7-12-6-19(9-17(21)22)8-14(20)11-26-10-12;2-1-3/h3-5,12,14H,6-11H2,1-2H3,(H,21,22);1H,(H,2,3)/t12-,14-;/m0./s1. The van der Waals surface area contributed by atoms with Crippen LogP contribution in [0.1, 0.15) is 10.4 Å². The van der Waals surface area contributed by atoms with Gasteiger partial charge in [0.25, 0.3) is 12.4 Å². The Balaban J connectivity index is 0.000000941. The van der Waals surface area contributed by atoms with E-state index in [0.717, 1.165) is 0 Å². The molecular formula is C19H26N2O8. The first-order chi connectivity index (χ1) is 13.9. The second-order valence-corrected chi connectivity index (χ2v) is 6.78. The average Bonchev–Trinajstić information content (AvgIpc) is 2.97. The van der Waals surface area contributed by atoms with Gasteiger partial charge in [0.05, 0.1) is 40.0 Å². The summed E-state index contributed by atoms with van der Waals surface area (Å²) in [5.74, 6) is 0.188. The zero-order valence-corrected chi connectivity index (χ0v) is 16.4. The maximum Gasteiger partial charge on any atom is 0.317 e. The Bertz CT molecular complexity index is 726. The number of rotatable bonds is 5. The molecule has 0 aliphatic carbocycles. The van der Waals surface area contributed by atoms with Crippen molar-refractivity contribution in [2.75, 3.05) is 53.6 Å². The Hall–Kier alpha value is -2.85. The molecule has 2 aliphatic heterocycles. The van der Waals surface area contributed by atoms with Crippen molar-refractivity contribution in [3.8, 4) is 11.5 Å². The highest BCUT2D eigenvalue weighted by molar-refractivity contribution is 5.95. The summed E-state index contributed by atoms with van der Waals surface area (Å²) < 4.78 is 16.2. The van der Waals surface area contributed by atoms with Crippen LogP contribution in [0.5, 0.6) is 11.5 Å². The molecule has 2 fully saturated rings. The normalized spacial score (nSPS) is 21.2. The quantitative estimate of drug-likeness (QED) is 0.658. The summed E-state index contributed by atoms with van der Waals surface area (Å²) in [6, 6.07) is 4.92. The van der Waals surface area contributed by atoms with Crippen LogP contribution >= 0.6 is 0 Å². The predicted octanol–water partition coefficient (Wildman–Crippen LogP) is 0.262. The van der Waals surface area contributed by atoms with E-state index in [1.165, 1.54) is 7.11 Å². The lowest BCUT2D eigenvalue weighted by Gasteiger charge is -2.30. The molecule has 2 heterocycles. The lowest BCUT2D eigenvalue weighted by atomic mass is 10.1. The number of aliphatic carboxylic acids is 1. The van der Waals surface area contributed by atoms with E-state index in [1.807, 2.05) is 4.90 Å². The minimum Gasteiger partial charge on any atom is -0.493 e. The summed E-state index contributed by atoms with van der Waals surface area (Å²) in [5.41, 5.74) is 0.514. The first kappa shape index (κ1) is 22.4. The number of ether oxygens (including phenoxy) is 3. The summed E-state index contributed by atoms with van der Waals surface area (Å²) in [5, 5.41) is 16.0. The zero-order valence-electron chi connectivity index (χ0n) is 16.4. The number of hydrogen-bond donors (Lipinski definition) is 2. The summed E-state index contributed by atoms with van der Waals surface area (Å²) >= 11 is 0. The number of carboxylic acids is 1. The molecule has 1 aromatic rings. The van der Waals surface area contributed by atoms with E-state index in [1.54, 1.807) is 30.2 Å². The molecule has 10 nitrogen and oxygen atoms in total. The third kappa shape index (κ3) is 5.81. The lowest BCUT2D eigenvalue weighted by molar-refractivity contribution is -0.138. The molecule has 3 rings (SSSR count). The highest BCUT2D eigenvalue weighted by atomic mass is 16.5. The van der Waals surface area contributed by atoms with E-state index < -0.39 is 5.97 Å². The smallest absolute Gasteiger partial charge is 0.317 e. The Morgan fingerprint density at radius 2 is 1.86 bits per heavy atom. The number of carboxylic acid groups (broad SMARTS) is 2. The van der Waals surface area contributed by atoms with Crippen LogP contribution < -0.4 is 9.47 Å². The molecule has 2 aliphatic rings. The van der Waals surface area contributed by atoms with E-state index in [4.69, 9.17) is 29.2 Å². The van der Waals surface area contributed by atoms with E-state index in [0.29, 0.717) is 49.9 Å². The van der Waals surface area contributed by atoms with E-state index >= 15 is 0 Å². The van der Waals surface area contributed by atoms with Gasteiger partial charge in [-0.2, -0.15) is 0 Å². The van der Waals surface area contributed by atoms with Gasteiger partial charge in [0, 0.05) is 31.1 Å². The number of benzene rings is 1. The molecule has 2 N–H and O–H groups in total. The fourth-order valence-electron chi connectivity index (χ4n) is 3.64. The molecule has 0 spiro atoms. The molecule has 160 valence electrons. The molecule has 0 unspecified atom stereocenters. The fourth-order valence-corrected chi connectivity index (χ4v) is 3.64. The summed E-state index contributed by atoms with van der Waals surface area (Å²) in [6.45, 7) is 2.31. The van der Waals surface area contributed by atoms with Gasteiger partial charge in [-0.05, 0) is 18.2 Å². The van der Waals surface area contributed by atoms with Crippen molar-refractivity contribution < 1.29 is 38.8 Å². The monoisotopic (exact) mass is 410 g/mol. The van der Waals surface area contributed by atoms with Gasteiger partial charge in [-0.15, -0.1) is 0 Å². The minimum absolute atomic E-state index is 0.0224. The van der Waals surface area contributed by atoms with Crippen LogP contribution in [0.3, 0.4) is 0 Å². The van der Waals surface area contributed by atoms with E-state index in [2.05, 4.69) is 0 Å². The van der Waals surface area contributed by atoms with Gasteiger partial charge in [0.2, 0.25) is 0 Å². The number of carbonyl (C=O) groups is 3. The van der Waals surface area contributed by atoms with Gasteiger partial charge in [0.1, 0.15) is 0 Å². The number of amides is 1. The molecule has 1 amide bonds. The molecule has 0 aromatic heterocycles. The first-order valence-electron chi connectivity index (χ1n) is 9.06. The van der Waals surface area contributed by atoms with Crippen molar-refractivity contribution >= 4 is 18.3 Å².